The predicted octanol–water partition coefficient (Wildman–Crippen LogP) is 3.40. The van der Waals surface area contributed by atoms with Crippen LogP contribution in [0.2, 0.25) is 0 Å². The molecule has 4 aromatic rings. The van der Waals surface area contributed by atoms with E-state index in [4.69, 9.17) is 0 Å². The molecule has 7 nitrogen and oxygen atoms in total. The topological polar surface area (TPSA) is 107 Å². The summed E-state index contributed by atoms with van der Waals surface area (Å²) in [6, 6.07) is 14.2. The standard InChI is InChI=1S/C26H28N4O3/c1-2-7-25(32)30-24(13-18-15-28-23-11-6-4-9-21(18)23)26(33)29-19(16-31)12-17-14-27-22-10-5-3-8-20(17)22/h3-6,8-11,14-16,19,24,27-28H,2,7,12-13H2,1H3,(H,29,33)(H,30,32)/t19-,24-/m0/s1. The molecule has 33 heavy (non-hydrogen) atoms. The molecule has 7 heteroatoms. The average Bonchev–Trinajstić information content (AvgIpc) is 3.42. The Kier molecular flexibility index (Phi) is 6.88. The van der Waals surface area contributed by atoms with Crippen molar-refractivity contribution >= 4 is 39.9 Å². The van der Waals surface area contributed by atoms with Crippen LogP contribution in [0.25, 0.3) is 21.8 Å². The summed E-state index contributed by atoms with van der Waals surface area (Å²) >= 11 is 0. The molecule has 0 spiro atoms. The number of aldehydes is 1. The first-order valence-corrected chi connectivity index (χ1v) is 11.2. The third-order valence-corrected chi connectivity index (χ3v) is 5.83. The molecule has 0 fully saturated rings. The van der Waals surface area contributed by atoms with E-state index in [0.29, 0.717) is 25.7 Å². The maximum atomic E-state index is 13.2. The fraction of sp³-hybridized carbons (Fsp3) is 0.269. The van der Waals surface area contributed by atoms with Crippen LogP contribution in [0.5, 0.6) is 0 Å². The van der Waals surface area contributed by atoms with Crippen molar-refractivity contribution in [3.8, 4) is 0 Å². The Balaban J connectivity index is 1.51. The maximum absolute atomic E-state index is 13.2. The van der Waals surface area contributed by atoms with Crippen LogP contribution in [-0.4, -0.2) is 40.2 Å². The Hall–Kier alpha value is -3.87. The molecular weight excluding hydrogens is 416 g/mol. The van der Waals surface area contributed by atoms with Gasteiger partial charge in [-0.2, -0.15) is 0 Å². The minimum absolute atomic E-state index is 0.184. The van der Waals surface area contributed by atoms with Gasteiger partial charge in [0.1, 0.15) is 12.3 Å². The highest BCUT2D eigenvalue weighted by Gasteiger charge is 2.25. The number of H-pyrrole nitrogens is 2. The van der Waals surface area contributed by atoms with Crippen molar-refractivity contribution in [2.24, 2.45) is 0 Å². The highest BCUT2D eigenvalue weighted by molar-refractivity contribution is 5.91. The van der Waals surface area contributed by atoms with Crippen LogP contribution in [0.3, 0.4) is 0 Å². The number of hydrogen-bond donors (Lipinski definition) is 4. The Labute approximate surface area is 192 Å². The monoisotopic (exact) mass is 444 g/mol. The van der Waals surface area contributed by atoms with Crippen LogP contribution in [-0.2, 0) is 27.2 Å². The number of nitrogens with one attached hydrogen (secondary N) is 4. The summed E-state index contributed by atoms with van der Waals surface area (Å²) in [7, 11) is 0. The van der Waals surface area contributed by atoms with E-state index in [9.17, 15) is 14.4 Å². The number of hydrogen-bond acceptors (Lipinski definition) is 3. The number of benzene rings is 2. The minimum atomic E-state index is -0.784. The van der Waals surface area contributed by atoms with Crippen molar-refractivity contribution in [3.05, 3.63) is 72.1 Å². The van der Waals surface area contributed by atoms with E-state index in [0.717, 1.165) is 39.2 Å². The van der Waals surface area contributed by atoms with E-state index in [2.05, 4.69) is 20.6 Å². The van der Waals surface area contributed by atoms with E-state index in [-0.39, 0.29) is 11.8 Å². The van der Waals surface area contributed by atoms with Gasteiger partial charge in [-0.05, 0) is 29.7 Å². The van der Waals surface area contributed by atoms with Crippen molar-refractivity contribution in [1.82, 2.24) is 20.6 Å². The van der Waals surface area contributed by atoms with E-state index < -0.39 is 12.1 Å². The largest absolute Gasteiger partial charge is 0.361 e. The molecule has 4 N–H and O–H groups in total. The van der Waals surface area contributed by atoms with Crippen molar-refractivity contribution in [2.45, 2.75) is 44.7 Å². The first kappa shape index (κ1) is 22.3. The zero-order valence-corrected chi connectivity index (χ0v) is 18.6. The molecule has 170 valence electrons. The normalized spacial score (nSPS) is 13.0. The first-order chi connectivity index (χ1) is 16.1. The second-order valence-corrected chi connectivity index (χ2v) is 8.25. The van der Waals surface area contributed by atoms with Crippen molar-refractivity contribution in [1.29, 1.82) is 0 Å². The summed E-state index contributed by atoms with van der Waals surface area (Å²) in [5.74, 6) is -0.557. The SMILES string of the molecule is CCCC(=O)N[C@@H](Cc1c[nH]c2ccccc12)C(=O)N[C@H](C=O)Cc1c[nH]c2ccccc12. The molecule has 0 saturated carbocycles. The van der Waals surface area contributed by atoms with E-state index in [1.54, 1.807) is 0 Å². The molecule has 0 saturated heterocycles. The lowest BCUT2D eigenvalue weighted by molar-refractivity contribution is -0.130. The molecule has 0 aliphatic rings. The molecular formula is C26H28N4O3. The zero-order valence-electron chi connectivity index (χ0n) is 18.6. The van der Waals surface area contributed by atoms with Gasteiger partial charge in [-0.3, -0.25) is 9.59 Å². The smallest absolute Gasteiger partial charge is 0.243 e. The molecule has 2 amide bonds. The number of amides is 2. The lowest BCUT2D eigenvalue weighted by Gasteiger charge is -2.21. The number of carbonyl (C=O) groups is 3. The van der Waals surface area contributed by atoms with Gasteiger partial charge in [-0.1, -0.05) is 43.3 Å². The first-order valence-electron chi connectivity index (χ1n) is 11.2. The molecule has 4 rings (SSSR count). The average molecular weight is 445 g/mol. The Morgan fingerprint density at radius 1 is 0.879 bits per heavy atom. The summed E-state index contributed by atoms with van der Waals surface area (Å²) in [5, 5.41) is 7.71. The molecule has 0 aliphatic heterocycles. The Bertz CT molecular complexity index is 1270. The second kappa shape index (κ2) is 10.2. The van der Waals surface area contributed by atoms with Gasteiger partial charge in [-0.15, -0.1) is 0 Å². The van der Waals surface area contributed by atoms with Crippen LogP contribution in [0.4, 0.5) is 0 Å². The zero-order chi connectivity index (χ0) is 23.2. The molecule has 0 aliphatic carbocycles. The van der Waals surface area contributed by atoms with Crippen molar-refractivity contribution < 1.29 is 14.4 Å². The number of rotatable bonds is 10. The number of para-hydroxylation sites is 2. The van der Waals surface area contributed by atoms with E-state index >= 15 is 0 Å². The molecule has 0 radical (unpaired) electrons. The summed E-state index contributed by atoms with van der Waals surface area (Å²) in [6.07, 6.45) is 6.18. The fourth-order valence-corrected chi connectivity index (χ4v) is 4.18. The van der Waals surface area contributed by atoms with Crippen LogP contribution in [0, 0.1) is 0 Å². The van der Waals surface area contributed by atoms with Gasteiger partial charge < -0.3 is 25.4 Å². The summed E-state index contributed by atoms with van der Waals surface area (Å²) in [5.41, 5.74) is 3.83. The number of fused-ring (bicyclic) bond motifs is 2. The van der Waals surface area contributed by atoms with Gasteiger partial charge in [0.05, 0.1) is 6.04 Å². The number of carbonyl (C=O) groups excluding carboxylic acids is 3. The molecule has 0 unspecified atom stereocenters. The van der Waals surface area contributed by atoms with Crippen molar-refractivity contribution in [2.75, 3.05) is 0 Å². The third kappa shape index (κ3) is 5.14. The summed E-state index contributed by atoms with van der Waals surface area (Å²) < 4.78 is 0. The van der Waals surface area contributed by atoms with Gasteiger partial charge in [0.25, 0.3) is 0 Å². The molecule has 2 heterocycles. The Morgan fingerprint density at radius 2 is 1.45 bits per heavy atom. The lowest BCUT2D eigenvalue weighted by atomic mass is 10.0. The van der Waals surface area contributed by atoms with Crippen LogP contribution in [0.15, 0.2) is 60.9 Å². The molecule has 2 aromatic heterocycles. The van der Waals surface area contributed by atoms with Crippen molar-refractivity contribution in [3.63, 3.8) is 0 Å². The predicted molar refractivity (Wildman–Crippen MR) is 129 cm³/mol. The highest BCUT2D eigenvalue weighted by atomic mass is 16.2. The fourth-order valence-electron chi connectivity index (χ4n) is 4.18. The summed E-state index contributed by atoms with van der Waals surface area (Å²) in [6.45, 7) is 1.91. The van der Waals surface area contributed by atoms with Gasteiger partial charge in [-0.25, -0.2) is 0 Å². The second-order valence-electron chi connectivity index (χ2n) is 8.25. The van der Waals surface area contributed by atoms with Gasteiger partial charge in [0, 0.05) is 53.5 Å². The Morgan fingerprint density at radius 3 is 2.03 bits per heavy atom. The summed E-state index contributed by atoms with van der Waals surface area (Å²) in [4.78, 5) is 43.8. The highest BCUT2D eigenvalue weighted by Crippen LogP contribution is 2.20. The van der Waals surface area contributed by atoms with Crippen LogP contribution >= 0.6 is 0 Å². The quantitative estimate of drug-likeness (QED) is 0.282. The third-order valence-electron chi connectivity index (χ3n) is 5.83. The van der Waals surface area contributed by atoms with Gasteiger partial charge in [0.2, 0.25) is 11.8 Å². The molecule has 0 bridgehead atoms. The van der Waals surface area contributed by atoms with Crippen LogP contribution in [0.1, 0.15) is 30.9 Å². The van der Waals surface area contributed by atoms with Gasteiger partial charge in [0.15, 0.2) is 0 Å². The molecule has 2 atom stereocenters. The number of aromatic amines is 2. The maximum Gasteiger partial charge on any atom is 0.243 e. The van der Waals surface area contributed by atoms with Crippen LogP contribution < -0.4 is 10.6 Å². The minimum Gasteiger partial charge on any atom is -0.361 e. The lowest BCUT2D eigenvalue weighted by Crippen LogP contribution is -2.51. The van der Waals surface area contributed by atoms with E-state index in [1.165, 1.54) is 0 Å². The van der Waals surface area contributed by atoms with Gasteiger partial charge >= 0.3 is 0 Å². The van der Waals surface area contributed by atoms with E-state index in [1.807, 2.05) is 67.8 Å². The molecule has 2 aromatic carbocycles. The number of aromatic nitrogens is 2.